The SMILES string of the molecule is C=Cc1cnc(N)c(-c2ccc(Oc3ncc(NC(=O)Nc4cc(C(F)(F)F)ccc4/C(C)=C/C=N\N=C)cn3)cc2)c1. The van der Waals surface area contributed by atoms with Crippen molar-refractivity contribution in [1.29, 1.82) is 0 Å². The van der Waals surface area contributed by atoms with Gasteiger partial charge in [-0.1, -0.05) is 30.9 Å². The van der Waals surface area contributed by atoms with E-state index in [9.17, 15) is 18.0 Å². The summed E-state index contributed by atoms with van der Waals surface area (Å²) in [5.74, 6) is 0.823. The predicted molar refractivity (Wildman–Crippen MR) is 162 cm³/mol. The predicted octanol–water partition coefficient (Wildman–Crippen LogP) is 7.31. The van der Waals surface area contributed by atoms with E-state index in [1.807, 2.05) is 6.07 Å². The number of carbonyl (C=O) groups excluding carboxylic acids is 1. The van der Waals surface area contributed by atoms with Crippen molar-refractivity contribution >= 4 is 47.8 Å². The summed E-state index contributed by atoms with van der Waals surface area (Å²) in [5, 5.41) is 11.9. The molecular weight excluding hydrogens is 561 g/mol. The molecule has 0 fully saturated rings. The number of halogens is 3. The first kappa shape index (κ1) is 30.1. The maximum atomic E-state index is 13.3. The molecule has 0 unspecified atom stereocenters. The molecule has 2 aromatic heterocycles. The standard InChI is InChI=1S/C30H25F3N8O2/c1-4-19-13-25(27(34)36-15-19)20-5-8-23(9-6-20)43-29-37-16-22(17-38-29)40-28(42)41-26-14-21(30(31,32)33)7-10-24(26)18(2)11-12-39-35-3/h4-17H,1,3H2,2H3,(H2,34,36)(H2,40,41,42)/b18-11+,39-12-. The number of rotatable bonds is 9. The lowest BCUT2D eigenvalue weighted by atomic mass is 10.0. The molecule has 4 N–H and O–H groups in total. The molecule has 218 valence electrons. The Hall–Kier alpha value is -5.85. The van der Waals surface area contributed by atoms with Gasteiger partial charge in [0, 0.05) is 30.3 Å². The molecule has 2 heterocycles. The highest BCUT2D eigenvalue weighted by atomic mass is 19.4. The van der Waals surface area contributed by atoms with Gasteiger partial charge in [-0.05, 0) is 60.0 Å². The molecule has 13 heteroatoms. The molecule has 0 radical (unpaired) electrons. The lowest BCUT2D eigenvalue weighted by molar-refractivity contribution is -0.137. The van der Waals surface area contributed by atoms with Crippen LogP contribution in [0.5, 0.6) is 11.8 Å². The minimum Gasteiger partial charge on any atom is -0.424 e. The Morgan fingerprint density at radius 3 is 2.40 bits per heavy atom. The lowest BCUT2D eigenvalue weighted by Crippen LogP contribution is -2.21. The van der Waals surface area contributed by atoms with Gasteiger partial charge in [0.2, 0.25) is 0 Å². The molecule has 0 spiro atoms. The van der Waals surface area contributed by atoms with E-state index >= 15 is 0 Å². The normalized spacial score (nSPS) is 11.7. The van der Waals surface area contributed by atoms with Crippen molar-refractivity contribution in [2.75, 3.05) is 16.4 Å². The summed E-state index contributed by atoms with van der Waals surface area (Å²) in [6, 6.07) is 11.1. The molecular formula is C30H25F3N8O2. The summed E-state index contributed by atoms with van der Waals surface area (Å²) in [4.78, 5) is 25.0. The largest absolute Gasteiger partial charge is 0.424 e. The molecule has 0 aliphatic carbocycles. The Morgan fingerprint density at radius 1 is 1.02 bits per heavy atom. The van der Waals surface area contributed by atoms with Gasteiger partial charge in [0.05, 0.1) is 29.3 Å². The number of anilines is 3. The zero-order chi connectivity index (χ0) is 31.0. The first-order valence-electron chi connectivity index (χ1n) is 12.5. The van der Waals surface area contributed by atoms with Gasteiger partial charge in [-0.3, -0.25) is 0 Å². The van der Waals surface area contributed by atoms with Gasteiger partial charge < -0.3 is 21.1 Å². The maximum Gasteiger partial charge on any atom is 0.416 e. The summed E-state index contributed by atoms with van der Waals surface area (Å²) >= 11 is 0. The number of benzene rings is 2. The van der Waals surface area contributed by atoms with Crippen LogP contribution in [0.25, 0.3) is 22.8 Å². The van der Waals surface area contributed by atoms with Gasteiger partial charge in [0.15, 0.2) is 0 Å². The molecule has 0 atom stereocenters. The van der Waals surface area contributed by atoms with E-state index in [1.165, 1.54) is 30.8 Å². The van der Waals surface area contributed by atoms with Crippen molar-refractivity contribution in [1.82, 2.24) is 15.0 Å². The number of nitrogens with two attached hydrogens (primary N) is 1. The van der Waals surface area contributed by atoms with Crippen LogP contribution in [-0.2, 0) is 6.18 Å². The molecule has 0 saturated carbocycles. The van der Waals surface area contributed by atoms with Gasteiger partial charge in [0.1, 0.15) is 11.6 Å². The summed E-state index contributed by atoms with van der Waals surface area (Å²) in [6.07, 6.45) is 4.13. The van der Waals surface area contributed by atoms with Gasteiger partial charge in [-0.25, -0.2) is 19.7 Å². The van der Waals surface area contributed by atoms with E-state index in [0.717, 1.165) is 28.8 Å². The second kappa shape index (κ2) is 13.2. The highest BCUT2D eigenvalue weighted by Gasteiger charge is 2.31. The van der Waals surface area contributed by atoms with Gasteiger partial charge in [-0.2, -0.15) is 23.4 Å². The van der Waals surface area contributed by atoms with Crippen LogP contribution in [0.4, 0.5) is 35.2 Å². The second-order valence-electron chi connectivity index (χ2n) is 8.88. The first-order chi connectivity index (χ1) is 20.6. The van der Waals surface area contributed by atoms with Crippen LogP contribution in [0.3, 0.4) is 0 Å². The third kappa shape index (κ3) is 7.88. The van der Waals surface area contributed by atoms with Gasteiger partial charge >= 0.3 is 18.2 Å². The van der Waals surface area contributed by atoms with E-state index < -0.39 is 17.8 Å². The molecule has 10 nitrogen and oxygen atoms in total. The molecule has 43 heavy (non-hydrogen) atoms. The summed E-state index contributed by atoms with van der Waals surface area (Å²) < 4.78 is 45.7. The molecule has 4 aromatic rings. The van der Waals surface area contributed by atoms with Crippen molar-refractivity contribution < 1.29 is 22.7 Å². The number of nitrogen functional groups attached to an aromatic ring is 1. The number of alkyl halides is 3. The Morgan fingerprint density at radius 2 is 1.74 bits per heavy atom. The molecule has 4 rings (SSSR count). The van der Waals surface area contributed by atoms with E-state index in [1.54, 1.807) is 43.5 Å². The minimum absolute atomic E-state index is 0.00477. The first-order valence-corrected chi connectivity index (χ1v) is 12.5. The summed E-state index contributed by atoms with van der Waals surface area (Å²) in [7, 11) is 0. The Balaban J connectivity index is 1.44. The number of aromatic nitrogens is 3. The molecule has 2 amide bonds. The third-order valence-electron chi connectivity index (χ3n) is 5.93. The number of ether oxygens (including phenoxy) is 1. The number of nitrogens with zero attached hydrogens (tertiary/aromatic N) is 5. The molecule has 0 bridgehead atoms. The topological polar surface area (TPSA) is 140 Å². The number of hydrogen-bond donors (Lipinski definition) is 3. The Bertz CT molecular complexity index is 1700. The van der Waals surface area contributed by atoms with Crippen molar-refractivity contribution in [3.8, 4) is 22.9 Å². The van der Waals surface area contributed by atoms with E-state index in [4.69, 9.17) is 10.5 Å². The Labute approximate surface area is 244 Å². The van der Waals surface area contributed by atoms with E-state index in [2.05, 4.69) is 49.1 Å². The lowest BCUT2D eigenvalue weighted by Gasteiger charge is -2.15. The molecule has 0 saturated heterocycles. The number of nitrogens with one attached hydrogen (secondary N) is 2. The maximum absolute atomic E-state index is 13.3. The highest BCUT2D eigenvalue weighted by molar-refractivity contribution is 6.02. The molecule has 0 aliphatic rings. The minimum atomic E-state index is -4.61. The quantitative estimate of drug-likeness (QED) is 0.139. The highest BCUT2D eigenvalue weighted by Crippen LogP contribution is 2.34. The van der Waals surface area contributed by atoms with Crippen molar-refractivity contribution in [3.05, 3.63) is 96.5 Å². The average molecular weight is 587 g/mol. The van der Waals surface area contributed by atoms with Crippen LogP contribution in [0.2, 0.25) is 0 Å². The fourth-order valence-electron chi connectivity index (χ4n) is 3.81. The van der Waals surface area contributed by atoms with Crippen LogP contribution >= 0.6 is 0 Å². The zero-order valence-corrected chi connectivity index (χ0v) is 22.8. The monoisotopic (exact) mass is 586 g/mol. The van der Waals surface area contributed by atoms with E-state index in [0.29, 0.717) is 22.7 Å². The van der Waals surface area contributed by atoms with Crippen LogP contribution in [0.15, 0.2) is 90.0 Å². The van der Waals surface area contributed by atoms with Crippen molar-refractivity contribution in [2.45, 2.75) is 13.1 Å². The average Bonchev–Trinajstić information content (AvgIpc) is 2.98. The fourth-order valence-corrected chi connectivity index (χ4v) is 3.81. The van der Waals surface area contributed by atoms with Crippen LogP contribution in [-0.4, -0.2) is 33.9 Å². The van der Waals surface area contributed by atoms with Gasteiger partial charge in [-0.15, -0.1) is 0 Å². The third-order valence-corrected chi connectivity index (χ3v) is 5.93. The molecule has 2 aromatic carbocycles. The van der Waals surface area contributed by atoms with Crippen LogP contribution in [0.1, 0.15) is 23.6 Å². The molecule has 0 aliphatic heterocycles. The van der Waals surface area contributed by atoms with Gasteiger partial charge in [0.25, 0.3) is 0 Å². The summed E-state index contributed by atoms with van der Waals surface area (Å²) in [5.41, 5.74) is 8.46. The number of urea groups is 1. The number of carbonyl (C=O) groups is 1. The number of pyridine rings is 1. The van der Waals surface area contributed by atoms with E-state index in [-0.39, 0.29) is 17.4 Å². The smallest absolute Gasteiger partial charge is 0.416 e. The summed E-state index contributed by atoms with van der Waals surface area (Å²) in [6.45, 7) is 8.61. The number of amides is 2. The number of allylic oxidation sites excluding steroid dienone is 2. The van der Waals surface area contributed by atoms with Crippen molar-refractivity contribution in [3.63, 3.8) is 0 Å². The van der Waals surface area contributed by atoms with Crippen LogP contribution < -0.4 is 21.1 Å². The van der Waals surface area contributed by atoms with Crippen LogP contribution in [0, 0.1) is 0 Å². The zero-order valence-electron chi connectivity index (χ0n) is 22.8. The number of hydrogen-bond acceptors (Lipinski definition) is 8. The second-order valence-corrected chi connectivity index (χ2v) is 8.88. The fraction of sp³-hybridized carbons (Fsp3) is 0.0667. The Kier molecular flexibility index (Phi) is 9.25. The van der Waals surface area contributed by atoms with Crippen molar-refractivity contribution in [2.24, 2.45) is 10.2 Å².